The van der Waals surface area contributed by atoms with E-state index in [1.165, 1.54) is 16.6 Å². The van der Waals surface area contributed by atoms with Crippen molar-refractivity contribution in [3.63, 3.8) is 0 Å². The van der Waals surface area contributed by atoms with E-state index in [9.17, 15) is 4.79 Å². The molecule has 1 saturated carbocycles. The predicted octanol–water partition coefficient (Wildman–Crippen LogP) is 5.07. The number of hydrogen-bond acceptors (Lipinski definition) is 5. The van der Waals surface area contributed by atoms with Crippen molar-refractivity contribution in [3.05, 3.63) is 56.4 Å². The molecule has 1 N–H and O–H groups in total. The second kappa shape index (κ2) is 8.16. The van der Waals surface area contributed by atoms with E-state index >= 15 is 0 Å². The molecule has 1 fully saturated rings. The third kappa shape index (κ3) is 4.62. The molecule has 1 aliphatic carbocycles. The van der Waals surface area contributed by atoms with E-state index in [1.807, 2.05) is 25.1 Å². The minimum absolute atomic E-state index is 0.0319. The number of rotatable bonds is 7. The van der Waals surface area contributed by atoms with E-state index in [1.54, 1.807) is 11.3 Å². The first-order chi connectivity index (χ1) is 13.1. The predicted molar refractivity (Wildman–Crippen MR) is 114 cm³/mol. The van der Waals surface area contributed by atoms with E-state index < -0.39 is 0 Å². The number of hydrogen-bond donors (Lipinski definition) is 1. The van der Waals surface area contributed by atoms with Crippen molar-refractivity contribution in [2.24, 2.45) is 0 Å². The van der Waals surface area contributed by atoms with Crippen LogP contribution in [-0.4, -0.2) is 26.4 Å². The summed E-state index contributed by atoms with van der Waals surface area (Å²) >= 11 is 6.63. The van der Waals surface area contributed by atoms with Crippen LogP contribution >= 0.6 is 39.0 Å². The number of thioether (sulfide) groups is 1. The summed E-state index contributed by atoms with van der Waals surface area (Å²) in [4.78, 5) is 13.7. The molecular weight excluding hydrogens is 444 g/mol. The molecule has 0 saturated heterocycles. The summed E-state index contributed by atoms with van der Waals surface area (Å²) in [6, 6.07) is 10.5. The molecule has 4 rings (SSSR count). The Morgan fingerprint density at radius 2 is 2.22 bits per heavy atom. The summed E-state index contributed by atoms with van der Waals surface area (Å²) in [7, 11) is 0. The lowest BCUT2D eigenvalue weighted by Gasteiger charge is -2.10. The van der Waals surface area contributed by atoms with E-state index in [-0.39, 0.29) is 5.91 Å². The van der Waals surface area contributed by atoms with Crippen molar-refractivity contribution in [3.8, 4) is 0 Å². The highest BCUT2D eigenvalue weighted by molar-refractivity contribution is 9.10. The molecule has 0 radical (unpaired) electrons. The molecule has 0 spiro atoms. The highest BCUT2D eigenvalue weighted by atomic mass is 79.9. The summed E-state index contributed by atoms with van der Waals surface area (Å²) in [6.07, 6.45) is 3.12. The zero-order valence-electron chi connectivity index (χ0n) is 14.8. The molecular formula is C19H19BrN4OS2. The van der Waals surface area contributed by atoms with E-state index in [0.717, 1.165) is 46.0 Å². The lowest BCUT2D eigenvalue weighted by Crippen LogP contribution is -2.15. The molecule has 8 heteroatoms. The zero-order chi connectivity index (χ0) is 18.8. The Morgan fingerprint density at radius 3 is 2.93 bits per heavy atom. The first-order valence-electron chi connectivity index (χ1n) is 8.75. The summed E-state index contributed by atoms with van der Waals surface area (Å²) < 4.78 is 3.23. The van der Waals surface area contributed by atoms with Gasteiger partial charge in [-0.3, -0.25) is 4.79 Å². The fourth-order valence-corrected chi connectivity index (χ4v) is 4.88. The standard InChI is InChI=1S/C19H19BrN4OS2/c1-12-9-13(20)4-7-16(12)21-18(25)11-27-19-23-22-17(24(19)14-5-6-14)10-15-3-2-8-26-15/h2-4,7-9,14H,5-6,10-11H2,1H3,(H,21,25). The van der Waals surface area contributed by atoms with Crippen LogP contribution in [0, 0.1) is 6.92 Å². The average Bonchev–Trinajstić information content (AvgIpc) is 3.19. The second-order valence-corrected chi connectivity index (χ2v) is 9.44. The van der Waals surface area contributed by atoms with Crippen LogP contribution in [0.15, 0.2) is 45.3 Å². The monoisotopic (exact) mass is 462 g/mol. The van der Waals surface area contributed by atoms with Crippen LogP contribution in [0.5, 0.6) is 0 Å². The van der Waals surface area contributed by atoms with Crippen LogP contribution in [0.1, 0.15) is 35.1 Å². The number of nitrogens with one attached hydrogen (secondary N) is 1. The lowest BCUT2D eigenvalue weighted by atomic mass is 10.2. The molecule has 3 aromatic rings. The SMILES string of the molecule is Cc1cc(Br)ccc1NC(=O)CSc1nnc(Cc2cccs2)n1C1CC1. The minimum atomic E-state index is -0.0319. The van der Waals surface area contributed by atoms with Crippen LogP contribution < -0.4 is 5.32 Å². The van der Waals surface area contributed by atoms with Gasteiger partial charge in [-0.25, -0.2) is 0 Å². The molecule has 2 heterocycles. The van der Waals surface area contributed by atoms with Gasteiger partial charge < -0.3 is 9.88 Å². The molecule has 0 aliphatic heterocycles. The van der Waals surface area contributed by atoms with Gasteiger partial charge in [-0.2, -0.15) is 0 Å². The highest BCUT2D eigenvalue weighted by Crippen LogP contribution is 2.39. The van der Waals surface area contributed by atoms with Crippen molar-refractivity contribution < 1.29 is 4.79 Å². The van der Waals surface area contributed by atoms with Gasteiger partial charge >= 0.3 is 0 Å². The Bertz CT molecular complexity index is 951. The van der Waals surface area contributed by atoms with Crippen LogP contribution in [0.3, 0.4) is 0 Å². The van der Waals surface area contributed by atoms with Gasteiger partial charge in [0.05, 0.1) is 5.75 Å². The Balaban J connectivity index is 1.42. The Hall–Kier alpha value is -1.64. The highest BCUT2D eigenvalue weighted by Gasteiger charge is 2.30. The molecule has 2 aromatic heterocycles. The van der Waals surface area contributed by atoms with Gasteiger partial charge in [0.25, 0.3) is 0 Å². The van der Waals surface area contributed by atoms with Gasteiger partial charge in [-0.1, -0.05) is 33.8 Å². The molecule has 1 aromatic carbocycles. The molecule has 27 heavy (non-hydrogen) atoms. The van der Waals surface area contributed by atoms with Gasteiger partial charge in [0.15, 0.2) is 5.16 Å². The number of halogens is 1. The van der Waals surface area contributed by atoms with E-state index in [2.05, 4.69) is 53.5 Å². The van der Waals surface area contributed by atoms with E-state index in [4.69, 9.17) is 0 Å². The number of aryl methyl sites for hydroxylation is 1. The smallest absolute Gasteiger partial charge is 0.234 e. The number of aromatic nitrogens is 3. The molecule has 5 nitrogen and oxygen atoms in total. The van der Waals surface area contributed by atoms with Gasteiger partial charge in [-0.05, 0) is 55.0 Å². The van der Waals surface area contributed by atoms with Crippen molar-refractivity contribution in [1.82, 2.24) is 14.8 Å². The number of amides is 1. The van der Waals surface area contributed by atoms with E-state index in [0.29, 0.717) is 11.8 Å². The third-order valence-corrected chi connectivity index (χ3v) is 6.67. The van der Waals surface area contributed by atoms with Crippen molar-refractivity contribution >= 4 is 50.6 Å². The van der Waals surface area contributed by atoms with Crippen molar-refractivity contribution in [1.29, 1.82) is 0 Å². The molecule has 0 unspecified atom stereocenters. The Morgan fingerprint density at radius 1 is 1.37 bits per heavy atom. The number of anilines is 1. The normalized spacial score (nSPS) is 13.7. The van der Waals surface area contributed by atoms with Crippen LogP contribution in [0.4, 0.5) is 5.69 Å². The second-order valence-electron chi connectivity index (χ2n) is 6.55. The largest absolute Gasteiger partial charge is 0.325 e. The van der Waals surface area contributed by atoms with Crippen molar-refractivity contribution in [2.45, 2.75) is 37.4 Å². The van der Waals surface area contributed by atoms with Gasteiger partial charge in [0, 0.05) is 27.5 Å². The summed E-state index contributed by atoms with van der Waals surface area (Å²) in [5.74, 6) is 1.28. The Labute approximate surface area is 174 Å². The topological polar surface area (TPSA) is 59.8 Å². The minimum Gasteiger partial charge on any atom is -0.325 e. The fraction of sp³-hybridized carbons (Fsp3) is 0.316. The quantitative estimate of drug-likeness (QED) is 0.498. The van der Waals surface area contributed by atoms with Crippen LogP contribution in [0.25, 0.3) is 0 Å². The molecule has 0 atom stereocenters. The first kappa shape index (κ1) is 18.7. The molecule has 140 valence electrons. The van der Waals surface area contributed by atoms with Crippen LogP contribution in [-0.2, 0) is 11.2 Å². The number of nitrogens with zero attached hydrogens (tertiary/aromatic N) is 3. The first-order valence-corrected chi connectivity index (χ1v) is 11.4. The van der Waals surface area contributed by atoms with Gasteiger partial charge in [-0.15, -0.1) is 21.5 Å². The Kier molecular flexibility index (Phi) is 5.66. The van der Waals surface area contributed by atoms with Crippen LogP contribution in [0.2, 0.25) is 0 Å². The molecule has 0 bridgehead atoms. The fourth-order valence-electron chi connectivity index (χ4n) is 2.88. The lowest BCUT2D eigenvalue weighted by molar-refractivity contribution is -0.113. The number of benzene rings is 1. The van der Waals surface area contributed by atoms with Crippen molar-refractivity contribution in [2.75, 3.05) is 11.1 Å². The number of carbonyl (C=O) groups excluding carboxylic acids is 1. The maximum atomic E-state index is 12.4. The molecule has 1 aliphatic rings. The van der Waals surface area contributed by atoms with Gasteiger partial charge in [0.2, 0.25) is 5.91 Å². The average molecular weight is 463 g/mol. The summed E-state index contributed by atoms with van der Waals surface area (Å²) in [5, 5.41) is 14.7. The maximum absolute atomic E-state index is 12.4. The summed E-state index contributed by atoms with van der Waals surface area (Å²) in [6.45, 7) is 1.98. The number of carbonyl (C=O) groups is 1. The molecule has 1 amide bonds. The zero-order valence-corrected chi connectivity index (χ0v) is 18.0. The number of thiophene rings is 1. The summed E-state index contributed by atoms with van der Waals surface area (Å²) in [5.41, 5.74) is 1.87. The third-order valence-electron chi connectivity index (χ3n) is 4.35. The van der Waals surface area contributed by atoms with Gasteiger partial charge in [0.1, 0.15) is 5.82 Å². The maximum Gasteiger partial charge on any atom is 0.234 e.